The monoisotopic (exact) mass is 214 g/mol. The number of nitrogens with two attached hydrogens (primary N) is 1. The highest BCUT2D eigenvalue weighted by atomic mass is 16.4. The molecule has 0 aromatic rings. The minimum atomic E-state index is -0.898. The number of hydrogen-bond acceptors (Lipinski definition) is 3. The molecule has 0 amide bonds. The fourth-order valence-corrected chi connectivity index (χ4v) is 2.15. The molecule has 88 valence electrons. The highest BCUT2D eigenvalue weighted by molar-refractivity contribution is 5.72. The lowest BCUT2D eigenvalue weighted by atomic mass is 9.90. The van der Waals surface area contributed by atoms with Crippen LogP contribution in [-0.4, -0.2) is 40.6 Å². The normalized spacial score (nSPS) is 23.7. The molecule has 3 N–H and O–H groups in total. The summed E-state index contributed by atoms with van der Waals surface area (Å²) >= 11 is 0. The molecule has 0 bridgehead atoms. The first kappa shape index (κ1) is 12.5. The summed E-state index contributed by atoms with van der Waals surface area (Å²) in [4.78, 5) is 13.0. The van der Waals surface area contributed by atoms with Gasteiger partial charge in [-0.3, -0.25) is 9.69 Å². The van der Waals surface area contributed by atoms with Crippen molar-refractivity contribution in [1.29, 1.82) is 0 Å². The van der Waals surface area contributed by atoms with Crippen LogP contribution in [0.2, 0.25) is 0 Å². The third-order valence-corrected chi connectivity index (χ3v) is 3.35. The molecule has 0 aromatic heterocycles. The van der Waals surface area contributed by atoms with E-state index in [-0.39, 0.29) is 5.54 Å². The van der Waals surface area contributed by atoms with E-state index in [0.29, 0.717) is 6.42 Å². The van der Waals surface area contributed by atoms with Gasteiger partial charge in [0.05, 0.1) is 0 Å². The molecule has 0 aromatic carbocycles. The largest absolute Gasteiger partial charge is 0.480 e. The minimum absolute atomic E-state index is 0.205. The van der Waals surface area contributed by atoms with Crippen molar-refractivity contribution >= 4 is 5.97 Å². The third kappa shape index (κ3) is 3.47. The zero-order valence-corrected chi connectivity index (χ0v) is 9.70. The molecular formula is C11H22N2O2. The fourth-order valence-electron chi connectivity index (χ4n) is 2.15. The van der Waals surface area contributed by atoms with Crippen molar-refractivity contribution in [3.05, 3.63) is 0 Å². The Bertz CT molecular complexity index is 229. The number of rotatable bonds is 4. The van der Waals surface area contributed by atoms with Gasteiger partial charge in [-0.25, -0.2) is 0 Å². The first-order chi connectivity index (χ1) is 6.93. The summed E-state index contributed by atoms with van der Waals surface area (Å²) in [5, 5.41) is 8.70. The molecule has 4 heteroatoms. The van der Waals surface area contributed by atoms with E-state index in [1.807, 2.05) is 0 Å². The van der Waals surface area contributed by atoms with Gasteiger partial charge in [0.1, 0.15) is 6.04 Å². The van der Waals surface area contributed by atoms with E-state index in [2.05, 4.69) is 18.7 Å². The van der Waals surface area contributed by atoms with Crippen molar-refractivity contribution in [2.24, 2.45) is 5.73 Å². The summed E-state index contributed by atoms with van der Waals surface area (Å²) < 4.78 is 0. The van der Waals surface area contributed by atoms with Crippen molar-refractivity contribution in [3.63, 3.8) is 0 Å². The standard InChI is InChI=1S/C11H22N2O2/c1-11(2)6-3-4-7-13(11)8-5-9(12)10(14)15/h9H,3-8,12H2,1-2H3,(H,14,15). The van der Waals surface area contributed by atoms with Gasteiger partial charge in [0.25, 0.3) is 0 Å². The average molecular weight is 214 g/mol. The maximum absolute atomic E-state index is 10.6. The van der Waals surface area contributed by atoms with Crippen LogP contribution >= 0.6 is 0 Å². The van der Waals surface area contributed by atoms with E-state index >= 15 is 0 Å². The summed E-state index contributed by atoms with van der Waals surface area (Å²) in [5.41, 5.74) is 5.70. The smallest absolute Gasteiger partial charge is 0.320 e. The Balaban J connectivity index is 2.39. The number of nitrogens with zero attached hydrogens (tertiary/aromatic N) is 1. The van der Waals surface area contributed by atoms with Gasteiger partial charge in [-0.1, -0.05) is 6.42 Å². The number of carbonyl (C=O) groups is 1. The van der Waals surface area contributed by atoms with E-state index < -0.39 is 12.0 Å². The number of likely N-dealkylation sites (tertiary alicyclic amines) is 1. The number of carboxylic acids is 1. The summed E-state index contributed by atoms with van der Waals surface area (Å²) in [7, 11) is 0. The molecule has 1 heterocycles. The van der Waals surface area contributed by atoms with Gasteiger partial charge in [-0.05, 0) is 39.7 Å². The van der Waals surface area contributed by atoms with Crippen LogP contribution in [0, 0.1) is 0 Å². The molecule has 0 spiro atoms. The first-order valence-electron chi connectivity index (χ1n) is 5.67. The Hall–Kier alpha value is -0.610. The molecule has 1 saturated heterocycles. The maximum atomic E-state index is 10.6. The van der Waals surface area contributed by atoms with Gasteiger partial charge in [0.15, 0.2) is 0 Å². The van der Waals surface area contributed by atoms with Crippen molar-refractivity contribution < 1.29 is 9.90 Å². The lowest BCUT2D eigenvalue weighted by Crippen LogP contribution is -2.49. The van der Waals surface area contributed by atoms with Gasteiger partial charge in [-0.2, -0.15) is 0 Å². The lowest BCUT2D eigenvalue weighted by Gasteiger charge is -2.42. The van der Waals surface area contributed by atoms with Gasteiger partial charge >= 0.3 is 5.97 Å². The van der Waals surface area contributed by atoms with E-state index in [0.717, 1.165) is 13.1 Å². The molecule has 1 fully saturated rings. The Kier molecular flexibility index (Phi) is 4.11. The Morgan fingerprint density at radius 1 is 1.53 bits per heavy atom. The lowest BCUT2D eigenvalue weighted by molar-refractivity contribution is -0.138. The summed E-state index contributed by atoms with van der Waals surface area (Å²) in [6, 6.07) is -0.720. The second-order valence-electron chi connectivity index (χ2n) is 4.99. The molecule has 1 unspecified atom stereocenters. The van der Waals surface area contributed by atoms with E-state index in [9.17, 15) is 4.79 Å². The van der Waals surface area contributed by atoms with Crippen molar-refractivity contribution in [3.8, 4) is 0 Å². The molecule has 1 rings (SSSR count). The molecule has 4 nitrogen and oxygen atoms in total. The topological polar surface area (TPSA) is 66.6 Å². The van der Waals surface area contributed by atoms with Crippen LogP contribution < -0.4 is 5.73 Å². The van der Waals surface area contributed by atoms with E-state index in [1.54, 1.807) is 0 Å². The first-order valence-corrected chi connectivity index (χ1v) is 5.67. The predicted molar refractivity (Wildman–Crippen MR) is 59.7 cm³/mol. The second kappa shape index (κ2) is 4.94. The Morgan fingerprint density at radius 2 is 2.20 bits per heavy atom. The average Bonchev–Trinajstić information content (AvgIpc) is 2.14. The van der Waals surface area contributed by atoms with Crippen LogP contribution in [0.25, 0.3) is 0 Å². The van der Waals surface area contributed by atoms with Crippen molar-refractivity contribution in [2.75, 3.05) is 13.1 Å². The van der Waals surface area contributed by atoms with Crippen LogP contribution in [0.4, 0.5) is 0 Å². The summed E-state index contributed by atoms with van der Waals surface area (Å²) in [6.45, 7) is 6.30. The second-order valence-corrected chi connectivity index (χ2v) is 4.99. The molecule has 1 atom stereocenters. The SMILES string of the molecule is CC1(C)CCCCN1CCC(N)C(=O)O. The third-order valence-electron chi connectivity index (χ3n) is 3.35. The van der Waals surface area contributed by atoms with Crippen molar-refractivity contribution in [2.45, 2.75) is 51.1 Å². The Morgan fingerprint density at radius 3 is 2.73 bits per heavy atom. The molecule has 0 saturated carbocycles. The number of aliphatic carboxylic acids is 1. The molecule has 0 aliphatic carbocycles. The number of hydrogen-bond donors (Lipinski definition) is 2. The summed E-state index contributed by atoms with van der Waals surface area (Å²) in [5.74, 6) is -0.898. The van der Waals surface area contributed by atoms with Crippen LogP contribution in [0.1, 0.15) is 39.5 Å². The van der Waals surface area contributed by atoms with Crippen LogP contribution in [-0.2, 0) is 4.79 Å². The Labute approximate surface area is 91.4 Å². The van der Waals surface area contributed by atoms with Crippen LogP contribution in [0.3, 0.4) is 0 Å². The molecule has 15 heavy (non-hydrogen) atoms. The van der Waals surface area contributed by atoms with Crippen LogP contribution in [0.5, 0.6) is 0 Å². The number of carboxylic acid groups (broad SMARTS) is 1. The highest BCUT2D eigenvalue weighted by Gasteiger charge is 2.29. The van der Waals surface area contributed by atoms with Gasteiger partial charge in [0, 0.05) is 12.1 Å². The maximum Gasteiger partial charge on any atom is 0.320 e. The zero-order valence-electron chi connectivity index (χ0n) is 9.70. The minimum Gasteiger partial charge on any atom is -0.480 e. The highest BCUT2D eigenvalue weighted by Crippen LogP contribution is 2.27. The fraction of sp³-hybridized carbons (Fsp3) is 0.909. The quantitative estimate of drug-likeness (QED) is 0.734. The van der Waals surface area contributed by atoms with Gasteiger partial charge in [-0.15, -0.1) is 0 Å². The molecular weight excluding hydrogens is 192 g/mol. The van der Waals surface area contributed by atoms with Crippen LogP contribution in [0.15, 0.2) is 0 Å². The van der Waals surface area contributed by atoms with Gasteiger partial charge in [0.2, 0.25) is 0 Å². The molecule has 1 aliphatic heterocycles. The van der Waals surface area contributed by atoms with Crippen molar-refractivity contribution in [1.82, 2.24) is 4.90 Å². The number of piperidine rings is 1. The van der Waals surface area contributed by atoms with Gasteiger partial charge < -0.3 is 10.8 Å². The molecule has 0 radical (unpaired) electrons. The summed E-state index contributed by atoms with van der Waals surface area (Å²) in [6.07, 6.45) is 4.22. The van der Waals surface area contributed by atoms with E-state index in [4.69, 9.17) is 10.8 Å². The molecule has 1 aliphatic rings. The van der Waals surface area contributed by atoms with E-state index in [1.165, 1.54) is 19.3 Å². The zero-order chi connectivity index (χ0) is 11.5. The predicted octanol–water partition coefficient (Wildman–Crippen LogP) is 1.05.